The highest BCUT2D eigenvalue weighted by Gasteiger charge is 2.33. The highest BCUT2D eigenvalue weighted by atomic mass is 32.2. The van der Waals surface area contributed by atoms with Crippen LogP contribution in [0, 0.1) is 5.92 Å². The van der Waals surface area contributed by atoms with Crippen molar-refractivity contribution in [3.8, 4) is 0 Å². The molecule has 176 valence electrons. The van der Waals surface area contributed by atoms with Gasteiger partial charge in [0.25, 0.3) is 0 Å². The third-order valence-electron chi connectivity index (χ3n) is 5.42. The highest BCUT2D eigenvalue weighted by Crippen LogP contribution is 2.27. The Morgan fingerprint density at radius 3 is 2.62 bits per heavy atom. The van der Waals surface area contributed by atoms with Crippen LogP contribution in [0.15, 0.2) is 44.4 Å². The predicted octanol–water partition coefficient (Wildman–Crippen LogP) is 3.84. The van der Waals surface area contributed by atoms with Gasteiger partial charge < -0.3 is 14.1 Å². The Labute approximate surface area is 189 Å². The van der Waals surface area contributed by atoms with E-state index in [2.05, 4.69) is 0 Å². The van der Waals surface area contributed by atoms with Crippen molar-refractivity contribution in [3.05, 3.63) is 40.8 Å². The Morgan fingerprint density at radius 1 is 1.25 bits per heavy atom. The van der Waals surface area contributed by atoms with Crippen molar-refractivity contribution in [1.82, 2.24) is 9.21 Å². The van der Waals surface area contributed by atoms with Gasteiger partial charge in [0.2, 0.25) is 10.0 Å². The molecule has 8 nitrogen and oxygen atoms in total. The van der Waals surface area contributed by atoms with Gasteiger partial charge in [-0.15, -0.1) is 0 Å². The van der Waals surface area contributed by atoms with Gasteiger partial charge >= 0.3 is 11.7 Å². The minimum absolute atomic E-state index is 0.00641. The molecule has 3 rings (SSSR count). The van der Waals surface area contributed by atoms with Crippen LogP contribution in [0.3, 0.4) is 0 Å². The summed E-state index contributed by atoms with van der Waals surface area (Å²) in [7, 11) is -3.72. The molecular weight excluding hydrogens is 432 g/mol. The zero-order chi connectivity index (χ0) is 23.7. The Morgan fingerprint density at radius 2 is 1.97 bits per heavy atom. The molecule has 0 aliphatic carbocycles. The van der Waals surface area contributed by atoms with Crippen LogP contribution >= 0.6 is 0 Å². The zero-order valence-corrected chi connectivity index (χ0v) is 20.1. The molecule has 2 heterocycles. The van der Waals surface area contributed by atoms with Crippen LogP contribution in [-0.2, 0) is 14.8 Å². The van der Waals surface area contributed by atoms with Gasteiger partial charge in [-0.3, -0.25) is 0 Å². The average Bonchev–Trinajstić information content (AvgIpc) is 2.70. The number of fused-ring (bicyclic) bond motifs is 1. The number of piperidine rings is 1. The van der Waals surface area contributed by atoms with E-state index in [1.54, 1.807) is 11.0 Å². The molecule has 2 aromatic rings. The second-order valence-electron chi connectivity index (χ2n) is 9.55. The lowest BCUT2D eigenvalue weighted by Gasteiger charge is -2.37. The fourth-order valence-electron chi connectivity index (χ4n) is 3.85. The first-order valence-electron chi connectivity index (χ1n) is 10.9. The van der Waals surface area contributed by atoms with Crippen LogP contribution < -0.4 is 5.63 Å². The largest absolute Gasteiger partial charge is 0.444 e. The van der Waals surface area contributed by atoms with E-state index in [-0.39, 0.29) is 22.9 Å². The standard InChI is InChI=1S/C23H32N2O6S/c1-16(2)25(22(27)31-23(3,4)5)15-17-7-6-12-24(14-17)32(28,29)19-9-10-20-18(13-19)8-11-21(26)30-20/h8-11,13,16-17H,6-7,12,14-15H2,1-5H3. The quantitative estimate of drug-likeness (QED) is 0.624. The van der Waals surface area contributed by atoms with Gasteiger partial charge in [0.05, 0.1) is 4.90 Å². The molecule has 0 N–H and O–H groups in total. The molecule has 1 saturated heterocycles. The summed E-state index contributed by atoms with van der Waals surface area (Å²) in [5.74, 6) is 0.00641. The molecule has 1 aromatic carbocycles. The number of nitrogens with zero attached hydrogens (tertiary/aromatic N) is 2. The number of hydrogen-bond donors (Lipinski definition) is 0. The number of carbonyl (C=O) groups is 1. The summed E-state index contributed by atoms with van der Waals surface area (Å²) in [6, 6.07) is 7.26. The van der Waals surface area contributed by atoms with Crippen LogP contribution in [0.25, 0.3) is 11.0 Å². The number of amides is 1. The molecule has 1 fully saturated rings. The first-order chi connectivity index (χ1) is 14.9. The van der Waals surface area contributed by atoms with Gasteiger partial charge in [0.15, 0.2) is 0 Å². The third-order valence-corrected chi connectivity index (χ3v) is 7.28. The molecule has 9 heteroatoms. The third kappa shape index (κ3) is 5.69. The van der Waals surface area contributed by atoms with Crippen LogP contribution in [0.2, 0.25) is 0 Å². The maximum Gasteiger partial charge on any atom is 0.410 e. The minimum atomic E-state index is -3.72. The molecule has 1 aliphatic heterocycles. The van der Waals surface area contributed by atoms with E-state index >= 15 is 0 Å². The highest BCUT2D eigenvalue weighted by molar-refractivity contribution is 7.89. The van der Waals surface area contributed by atoms with Crippen molar-refractivity contribution in [1.29, 1.82) is 0 Å². The van der Waals surface area contributed by atoms with Gasteiger partial charge in [0.1, 0.15) is 11.2 Å². The monoisotopic (exact) mass is 464 g/mol. The summed E-state index contributed by atoms with van der Waals surface area (Å²) < 4.78 is 38.7. The van der Waals surface area contributed by atoms with Crippen LogP contribution in [0.1, 0.15) is 47.5 Å². The Balaban J connectivity index is 1.77. The molecule has 1 atom stereocenters. The average molecular weight is 465 g/mol. The lowest BCUT2D eigenvalue weighted by molar-refractivity contribution is 0.0138. The summed E-state index contributed by atoms with van der Waals surface area (Å²) in [6.45, 7) is 10.5. The Hall–Kier alpha value is -2.39. The predicted molar refractivity (Wildman–Crippen MR) is 122 cm³/mol. The molecule has 0 saturated carbocycles. The second kappa shape index (κ2) is 9.23. The summed E-state index contributed by atoms with van der Waals surface area (Å²) in [5.41, 5.74) is -0.730. The van der Waals surface area contributed by atoms with Gasteiger partial charge in [-0.1, -0.05) is 0 Å². The van der Waals surface area contributed by atoms with E-state index < -0.39 is 21.2 Å². The van der Waals surface area contributed by atoms with Crippen molar-refractivity contribution in [2.24, 2.45) is 5.92 Å². The normalized spacial score (nSPS) is 18.1. The number of benzene rings is 1. The van der Waals surface area contributed by atoms with Gasteiger partial charge in [-0.25, -0.2) is 18.0 Å². The number of sulfonamides is 1. The van der Waals surface area contributed by atoms with Crippen LogP contribution in [-0.4, -0.2) is 55.0 Å². The van der Waals surface area contributed by atoms with Crippen molar-refractivity contribution in [2.75, 3.05) is 19.6 Å². The first kappa shape index (κ1) is 24.3. The zero-order valence-electron chi connectivity index (χ0n) is 19.3. The fraction of sp³-hybridized carbons (Fsp3) is 0.565. The van der Waals surface area contributed by atoms with Crippen LogP contribution in [0.5, 0.6) is 0 Å². The second-order valence-corrected chi connectivity index (χ2v) is 11.5. The Bertz CT molecular complexity index is 1130. The van der Waals surface area contributed by atoms with Crippen molar-refractivity contribution >= 4 is 27.1 Å². The molecule has 1 unspecified atom stereocenters. The summed E-state index contributed by atoms with van der Waals surface area (Å²) in [5, 5.41) is 0.551. The molecule has 0 spiro atoms. The van der Waals surface area contributed by atoms with E-state index in [0.29, 0.717) is 37.0 Å². The van der Waals surface area contributed by atoms with E-state index in [1.165, 1.54) is 28.6 Å². The molecule has 32 heavy (non-hydrogen) atoms. The maximum absolute atomic E-state index is 13.3. The summed E-state index contributed by atoms with van der Waals surface area (Å²) >= 11 is 0. The molecule has 1 aromatic heterocycles. The molecular formula is C23H32N2O6S. The molecule has 1 aliphatic rings. The van der Waals surface area contributed by atoms with Crippen LogP contribution in [0.4, 0.5) is 4.79 Å². The lowest BCUT2D eigenvalue weighted by atomic mass is 9.98. The van der Waals surface area contributed by atoms with E-state index in [0.717, 1.165) is 6.42 Å². The van der Waals surface area contributed by atoms with E-state index in [1.807, 2.05) is 34.6 Å². The minimum Gasteiger partial charge on any atom is -0.444 e. The van der Waals surface area contributed by atoms with E-state index in [4.69, 9.17) is 9.15 Å². The number of ether oxygens (including phenoxy) is 1. The van der Waals surface area contributed by atoms with Crippen molar-refractivity contribution in [3.63, 3.8) is 0 Å². The smallest absolute Gasteiger partial charge is 0.410 e. The van der Waals surface area contributed by atoms with E-state index in [9.17, 15) is 18.0 Å². The molecule has 0 bridgehead atoms. The fourth-order valence-corrected chi connectivity index (χ4v) is 5.44. The first-order valence-corrected chi connectivity index (χ1v) is 12.3. The SMILES string of the molecule is CC(C)N(CC1CCCN(S(=O)(=O)c2ccc3oc(=O)ccc3c2)C1)C(=O)OC(C)(C)C. The Kier molecular flexibility index (Phi) is 7.00. The summed E-state index contributed by atoms with van der Waals surface area (Å²) in [6.07, 6.45) is 1.16. The number of hydrogen-bond acceptors (Lipinski definition) is 6. The lowest BCUT2D eigenvalue weighted by Crippen LogP contribution is -2.48. The number of rotatable bonds is 5. The van der Waals surface area contributed by atoms with Crippen molar-refractivity contribution < 1.29 is 22.4 Å². The molecule has 1 amide bonds. The maximum atomic E-state index is 13.3. The van der Waals surface area contributed by atoms with Gasteiger partial charge in [-0.2, -0.15) is 4.31 Å². The van der Waals surface area contributed by atoms with Crippen molar-refractivity contribution in [2.45, 2.75) is 64.0 Å². The summed E-state index contributed by atoms with van der Waals surface area (Å²) in [4.78, 5) is 25.9. The van der Waals surface area contributed by atoms with Gasteiger partial charge in [-0.05, 0) is 77.6 Å². The molecule has 0 radical (unpaired) electrons. The van der Waals surface area contributed by atoms with Gasteiger partial charge in [0, 0.05) is 37.1 Å². The number of carbonyl (C=O) groups excluding carboxylic acids is 1. The topological polar surface area (TPSA) is 97.1 Å².